The summed E-state index contributed by atoms with van der Waals surface area (Å²) in [5.74, 6) is 2.81. The van der Waals surface area contributed by atoms with Gasteiger partial charge in [-0.25, -0.2) is 15.0 Å². The molecule has 4 heterocycles. The van der Waals surface area contributed by atoms with Gasteiger partial charge in [0, 0.05) is 31.3 Å². The number of nitrogens with zero attached hydrogens (tertiary/aromatic N) is 4. The zero-order valence-corrected chi connectivity index (χ0v) is 17.4. The first-order valence-electron chi connectivity index (χ1n) is 10.6. The van der Waals surface area contributed by atoms with Gasteiger partial charge in [-0.2, -0.15) is 0 Å². The second-order valence-electron chi connectivity index (χ2n) is 8.34. The quantitative estimate of drug-likeness (QED) is 0.727. The number of hydrogen-bond donors (Lipinski definition) is 2. The molecule has 0 spiro atoms. The van der Waals surface area contributed by atoms with Crippen molar-refractivity contribution in [3.8, 4) is 11.4 Å². The van der Waals surface area contributed by atoms with Gasteiger partial charge in [-0.05, 0) is 61.8 Å². The minimum absolute atomic E-state index is 0.0554. The maximum atomic E-state index is 12.5. The van der Waals surface area contributed by atoms with E-state index in [2.05, 4.69) is 15.2 Å². The SMILES string of the molecule is [O-][S@+]1CCc2nc(-c3ccc(N4CCCCC4)nc3)nc(NC3(CO)CCC3)c21. The molecule has 29 heavy (non-hydrogen) atoms. The summed E-state index contributed by atoms with van der Waals surface area (Å²) < 4.78 is 12.5. The molecule has 2 aliphatic heterocycles. The van der Waals surface area contributed by atoms with Gasteiger partial charge in [0.05, 0.1) is 12.1 Å². The smallest absolute Gasteiger partial charge is 0.216 e. The molecule has 2 aromatic rings. The van der Waals surface area contributed by atoms with Gasteiger partial charge < -0.3 is 19.9 Å². The molecule has 0 bridgehead atoms. The number of aromatic nitrogens is 3. The zero-order valence-electron chi connectivity index (χ0n) is 16.6. The van der Waals surface area contributed by atoms with Crippen LogP contribution in [0, 0.1) is 0 Å². The van der Waals surface area contributed by atoms with Crippen molar-refractivity contribution in [2.45, 2.75) is 55.4 Å². The van der Waals surface area contributed by atoms with Crippen LogP contribution in [0.5, 0.6) is 0 Å². The third-order valence-electron chi connectivity index (χ3n) is 6.37. The third-order valence-corrected chi connectivity index (χ3v) is 7.83. The predicted molar refractivity (Wildman–Crippen MR) is 114 cm³/mol. The number of aliphatic hydroxyl groups is 1. The highest BCUT2D eigenvalue weighted by Crippen LogP contribution is 2.39. The topological polar surface area (TPSA) is 97.2 Å². The molecule has 3 aliphatic rings. The fourth-order valence-electron chi connectivity index (χ4n) is 4.42. The van der Waals surface area contributed by atoms with Crippen molar-refractivity contribution in [3.05, 3.63) is 24.0 Å². The van der Waals surface area contributed by atoms with Crippen LogP contribution in [0.1, 0.15) is 44.2 Å². The Balaban J connectivity index is 1.46. The van der Waals surface area contributed by atoms with Gasteiger partial charge in [0.25, 0.3) is 0 Å². The Morgan fingerprint density at radius 3 is 2.62 bits per heavy atom. The highest BCUT2D eigenvalue weighted by Gasteiger charge is 2.40. The maximum Gasteiger partial charge on any atom is 0.216 e. The van der Waals surface area contributed by atoms with E-state index >= 15 is 0 Å². The van der Waals surface area contributed by atoms with Crippen molar-refractivity contribution in [1.29, 1.82) is 0 Å². The molecule has 1 saturated heterocycles. The number of piperidine rings is 1. The largest absolute Gasteiger partial charge is 0.611 e. The monoisotopic (exact) mass is 413 g/mol. The summed E-state index contributed by atoms with van der Waals surface area (Å²) in [4.78, 5) is 17.2. The van der Waals surface area contributed by atoms with Crippen LogP contribution in [0.15, 0.2) is 23.2 Å². The van der Waals surface area contributed by atoms with E-state index in [0.29, 0.717) is 28.7 Å². The van der Waals surface area contributed by atoms with Crippen molar-refractivity contribution < 1.29 is 9.66 Å². The van der Waals surface area contributed by atoms with Gasteiger partial charge in [0.15, 0.2) is 11.6 Å². The standard InChI is InChI=1S/C21H27N5O2S/c27-14-21(8-4-9-21)25-20-18-16(7-12-29(18)28)23-19(24-20)15-5-6-17(22-13-15)26-10-2-1-3-11-26/h5-6,13,27H,1-4,7-12,14H2,(H,23,24,25)/t29-/m1/s1. The first-order chi connectivity index (χ1) is 14.2. The highest BCUT2D eigenvalue weighted by molar-refractivity contribution is 7.91. The molecular weight excluding hydrogens is 386 g/mol. The van der Waals surface area contributed by atoms with Crippen LogP contribution in [0.3, 0.4) is 0 Å². The molecule has 5 rings (SSSR count). The third kappa shape index (κ3) is 3.58. The fourth-order valence-corrected chi connectivity index (χ4v) is 5.72. The van der Waals surface area contributed by atoms with Crippen molar-refractivity contribution in [2.24, 2.45) is 0 Å². The second-order valence-corrected chi connectivity index (χ2v) is 9.85. The van der Waals surface area contributed by atoms with Crippen LogP contribution in [0.2, 0.25) is 0 Å². The molecule has 0 radical (unpaired) electrons. The minimum Gasteiger partial charge on any atom is -0.611 e. The van der Waals surface area contributed by atoms with E-state index < -0.39 is 11.2 Å². The van der Waals surface area contributed by atoms with Crippen molar-refractivity contribution in [2.75, 3.05) is 35.7 Å². The summed E-state index contributed by atoms with van der Waals surface area (Å²) in [6, 6.07) is 4.07. The summed E-state index contributed by atoms with van der Waals surface area (Å²) in [6.07, 6.45) is 9.14. The van der Waals surface area contributed by atoms with E-state index in [1.165, 1.54) is 19.3 Å². The van der Waals surface area contributed by atoms with Crippen LogP contribution in [0.4, 0.5) is 11.6 Å². The molecule has 2 aromatic heterocycles. The summed E-state index contributed by atoms with van der Waals surface area (Å²) in [6.45, 7) is 2.18. The average molecular weight is 414 g/mol. The first kappa shape index (κ1) is 19.1. The number of rotatable bonds is 5. The number of nitrogens with one attached hydrogen (secondary N) is 1. The van der Waals surface area contributed by atoms with E-state index in [4.69, 9.17) is 9.97 Å². The molecule has 2 N–H and O–H groups in total. The van der Waals surface area contributed by atoms with Crippen LogP contribution in [-0.2, 0) is 17.6 Å². The summed E-state index contributed by atoms with van der Waals surface area (Å²) in [5, 5.41) is 13.3. The first-order valence-corrected chi connectivity index (χ1v) is 11.9. The minimum atomic E-state index is -1.09. The molecule has 0 unspecified atom stereocenters. The Bertz CT molecular complexity index is 876. The molecule has 1 atom stereocenters. The summed E-state index contributed by atoms with van der Waals surface area (Å²) in [7, 11) is 0. The predicted octanol–water partition coefficient (Wildman–Crippen LogP) is 2.52. The molecule has 0 amide bonds. The Morgan fingerprint density at radius 2 is 1.97 bits per heavy atom. The molecule has 1 saturated carbocycles. The molecule has 2 fully saturated rings. The van der Waals surface area contributed by atoms with Gasteiger partial charge in [-0.3, -0.25) is 0 Å². The van der Waals surface area contributed by atoms with Crippen molar-refractivity contribution in [3.63, 3.8) is 0 Å². The fraction of sp³-hybridized carbons (Fsp3) is 0.571. The van der Waals surface area contributed by atoms with Gasteiger partial charge in [0.1, 0.15) is 17.3 Å². The normalized spacial score (nSPS) is 22.8. The lowest BCUT2D eigenvalue weighted by atomic mass is 9.77. The lowest BCUT2D eigenvalue weighted by Crippen LogP contribution is -2.48. The molecule has 8 heteroatoms. The van der Waals surface area contributed by atoms with E-state index in [1.807, 2.05) is 18.3 Å². The summed E-state index contributed by atoms with van der Waals surface area (Å²) >= 11 is -1.09. The number of aryl methyl sites for hydroxylation is 1. The van der Waals surface area contributed by atoms with E-state index in [9.17, 15) is 9.66 Å². The Kier molecular flexibility index (Phi) is 5.09. The van der Waals surface area contributed by atoms with E-state index in [0.717, 1.165) is 49.4 Å². The Morgan fingerprint density at radius 1 is 1.14 bits per heavy atom. The van der Waals surface area contributed by atoms with Gasteiger partial charge >= 0.3 is 0 Å². The van der Waals surface area contributed by atoms with E-state index in [1.54, 1.807) is 0 Å². The number of aliphatic hydroxyl groups excluding tert-OH is 1. The van der Waals surface area contributed by atoms with Crippen molar-refractivity contribution in [1.82, 2.24) is 15.0 Å². The number of anilines is 2. The molecule has 154 valence electrons. The van der Waals surface area contributed by atoms with Crippen LogP contribution < -0.4 is 10.2 Å². The lowest BCUT2D eigenvalue weighted by molar-refractivity contribution is 0.143. The number of pyridine rings is 1. The van der Waals surface area contributed by atoms with Gasteiger partial charge in [-0.1, -0.05) is 0 Å². The van der Waals surface area contributed by atoms with Crippen LogP contribution in [0.25, 0.3) is 11.4 Å². The molecule has 0 aromatic carbocycles. The molecule has 7 nitrogen and oxygen atoms in total. The maximum absolute atomic E-state index is 12.5. The number of fused-ring (bicyclic) bond motifs is 1. The Labute approximate surface area is 174 Å². The van der Waals surface area contributed by atoms with Crippen molar-refractivity contribution >= 4 is 22.8 Å². The van der Waals surface area contributed by atoms with Crippen LogP contribution >= 0.6 is 0 Å². The summed E-state index contributed by atoms with van der Waals surface area (Å²) in [5.41, 5.74) is 1.37. The highest BCUT2D eigenvalue weighted by atomic mass is 32.2. The van der Waals surface area contributed by atoms with Gasteiger partial charge in [-0.15, -0.1) is 0 Å². The van der Waals surface area contributed by atoms with Crippen LogP contribution in [-0.4, -0.2) is 55.6 Å². The zero-order chi connectivity index (χ0) is 19.8. The van der Waals surface area contributed by atoms with Gasteiger partial charge in [0.2, 0.25) is 4.90 Å². The molecular formula is C21H27N5O2S. The Hall–Kier alpha value is -1.90. The lowest BCUT2D eigenvalue weighted by Gasteiger charge is -2.41. The van der Waals surface area contributed by atoms with E-state index in [-0.39, 0.29) is 12.1 Å². The number of hydrogen-bond acceptors (Lipinski definition) is 7. The second kappa shape index (κ2) is 7.74. The molecule has 1 aliphatic carbocycles. The average Bonchev–Trinajstić information content (AvgIpc) is 3.12.